The van der Waals surface area contributed by atoms with Gasteiger partial charge in [-0.15, -0.1) is 90.7 Å². The third-order valence-corrected chi connectivity index (χ3v) is 20.9. The molecule has 0 atom stereocenters. The molecule has 0 fully saturated rings. The van der Waals surface area contributed by atoms with Gasteiger partial charge in [0.05, 0.1) is 58.5 Å². The van der Waals surface area contributed by atoms with Crippen LogP contribution in [0.3, 0.4) is 0 Å². The third-order valence-electron chi connectivity index (χ3n) is 9.23. The largest absolute Gasteiger partial charge is 0.142 e. The molecule has 0 radical (unpaired) electrons. The molecule has 0 spiro atoms. The van der Waals surface area contributed by atoms with Crippen LogP contribution in [-0.4, -0.2) is 19.5 Å². The fourth-order valence-electron chi connectivity index (χ4n) is 7.01. The molecule has 12 heteroatoms. The molecular weight excluding hydrogens is 817 g/mol. The van der Waals surface area contributed by atoms with Crippen molar-refractivity contribution in [1.82, 2.24) is 0 Å². The smallest absolute Gasteiger partial charge is 0.0552 e. The average Bonchev–Trinajstić information content (AvgIpc) is 3.93. The van der Waals surface area contributed by atoms with Gasteiger partial charge in [-0.3, -0.25) is 0 Å². The summed E-state index contributed by atoms with van der Waals surface area (Å²) in [6, 6.07) is 18.1. The number of fused-ring (bicyclic) bond motifs is 12. The molecule has 48 heavy (non-hydrogen) atoms. The van der Waals surface area contributed by atoms with E-state index >= 15 is 0 Å². The van der Waals surface area contributed by atoms with Crippen LogP contribution >= 0.6 is 140 Å². The van der Waals surface area contributed by atoms with Gasteiger partial charge in [0.15, 0.2) is 0 Å². The molecule has 0 N–H and O–H groups in total. The Morgan fingerprint density at radius 3 is 0.792 bits per heavy atom. The molecule has 8 aromatic heterocycles. The first-order valence-electron chi connectivity index (χ1n) is 14.6. The Balaban J connectivity index is 0.886. The molecule has 12 rings (SSSR count). The molecular formula is C36H10S12. The Labute approximate surface area is 327 Å². The van der Waals surface area contributed by atoms with Gasteiger partial charge in [-0.1, -0.05) is 48.9 Å². The molecule has 0 aromatic carbocycles. The Hall–Kier alpha value is -2.04. The lowest BCUT2D eigenvalue weighted by molar-refractivity contribution is 1.85. The fraction of sp³-hybridized carbons (Fsp3) is 0. The maximum atomic E-state index is 6.09. The fourth-order valence-corrected chi connectivity index (χ4v) is 18.5. The van der Waals surface area contributed by atoms with Crippen LogP contribution in [0, 0.1) is 0 Å². The highest BCUT2D eigenvalue weighted by atomic mass is 32.1. The summed E-state index contributed by atoms with van der Waals surface area (Å²) in [4.78, 5) is 22.0. The second-order valence-corrected chi connectivity index (χ2v) is 21.5. The summed E-state index contributed by atoms with van der Waals surface area (Å²) in [5.41, 5.74) is 9.67. The summed E-state index contributed by atoms with van der Waals surface area (Å²) in [7, 11) is 0. The lowest BCUT2D eigenvalue weighted by Gasteiger charge is -1.95. The summed E-state index contributed by atoms with van der Waals surface area (Å²) in [5, 5.41) is 4.29. The van der Waals surface area contributed by atoms with Crippen molar-refractivity contribution < 1.29 is 0 Å². The molecule has 4 aliphatic carbocycles. The van der Waals surface area contributed by atoms with Gasteiger partial charge in [0.25, 0.3) is 0 Å². The van der Waals surface area contributed by atoms with Crippen LogP contribution < -0.4 is 0 Å². The van der Waals surface area contributed by atoms with Crippen molar-refractivity contribution in [3.63, 3.8) is 0 Å². The van der Waals surface area contributed by atoms with Crippen LogP contribution in [0.1, 0.15) is 44.5 Å². The van der Waals surface area contributed by atoms with E-state index in [9.17, 15) is 0 Å². The first-order valence-corrected chi connectivity index (χ1v) is 22.9. The number of hydrogen-bond donors (Lipinski definition) is 0. The lowest BCUT2D eigenvalue weighted by Crippen LogP contribution is -1.91. The molecule has 0 saturated carbocycles. The number of hydrogen-bond acceptors (Lipinski definition) is 12. The zero-order chi connectivity index (χ0) is 31.7. The van der Waals surface area contributed by atoms with Crippen LogP contribution in [0.5, 0.6) is 0 Å². The van der Waals surface area contributed by atoms with E-state index in [1.807, 2.05) is 68.0 Å². The summed E-state index contributed by atoms with van der Waals surface area (Å²) in [6.07, 6.45) is 0. The Kier molecular flexibility index (Phi) is 5.87. The van der Waals surface area contributed by atoms with E-state index in [0.717, 1.165) is 19.5 Å². The van der Waals surface area contributed by atoms with Crippen molar-refractivity contribution in [2.75, 3.05) is 0 Å². The van der Waals surface area contributed by atoms with E-state index in [2.05, 4.69) is 59.3 Å². The molecule has 8 heterocycles. The van der Waals surface area contributed by atoms with Gasteiger partial charge in [0.2, 0.25) is 0 Å². The van der Waals surface area contributed by atoms with Crippen molar-refractivity contribution in [2.45, 2.75) is 0 Å². The molecule has 0 aliphatic heterocycles. The Morgan fingerprint density at radius 1 is 0.292 bits per heavy atom. The van der Waals surface area contributed by atoms with Crippen molar-refractivity contribution in [1.29, 1.82) is 0 Å². The summed E-state index contributed by atoms with van der Waals surface area (Å²) >= 11 is 38.6. The minimum absolute atomic E-state index is 0.965. The van der Waals surface area contributed by atoms with Crippen molar-refractivity contribution in [3.8, 4) is 68.3 Å². The highest BCUT2D eigenvalue weighted by Crippen LogP contribution is 2.57. The summed E-state index contributed by atoms with van der Waals surface area (Å²) < 4.78 is 0. The van der Waals surface area contributed by atoms with Crippen LogP contribution in [0.15, 0.2) is 59.3 Å². The standard InChI is InChI=1S/C36H10S12/c37-25-11-1-3-41-29(11)31-13(25)5-19(43-31)21-7-15-27(39)17-9-23(47-35(17)33(15)45-21)24-10-18-28(40)16-8-22(46-34(16)36(18)48-24)20-6-14-26(38)12-2-4-42-30(12)32(14)44-20/h1-10H. The minimum atomic E-state index is 0.965. The zero-order valence-corrected chi connectivity index (χ0v) is 33.5. The van der Waals surface area contributed by atoms with Crippen molar-refractivity contribution >= 4 is 159 Å². The SMILES string of the molecule is S=C1c2ccsc2-c2sc(-c3cc4c(s3)-c3sc(-c5cc6c(s5)-c5sc(-c7cc8c(s7)-c7sccc7C8=S)cc5C6=S)cc3C4=S)cc21. The van der Waals surface area contributed by atoms with E-state index in [-0.39, 0.29) is 0 Å². The molecule has 0 nitrogen and oxygen atoms in total. The quantitative estimate of drug-likeness (QED) is 0.163. The van der Waals surface area contributed by atoms with Crippen LogP contribution in [0.25, 0.3) is 68.3 Å². The average molecular weight is 827 g/mol. The topological polar surface area (TPSA) is 0 Å². The Bertz CT molecular complexity index is 2670. The van der Waals surface area contributed by atoms with E-state index in [0.29, 0.717) is 0 Å². The van der Waals surface area contributed by atoms with E-state index in [1.165, 1.54) is 113 Å². The predicted octanol–water partition coefficient (Wildman–Crippen LogP) is 14.2. The maximum absolute atomic E-state index is 6.09. The molecule has 0 unspecified atom stereocenters. The zero-order valence-electron chi connectivity index (χ0n) is 23.7. The normalized spacial score (nSPS) is 14.4. The second kappa shape index (κ2) is 9.84. The third kappa shape index (κ3) is 3.61. The van der Waals surface area contributed by atoms with E-state index in [4.69, 9.17) is 48.9 Å². The van der Waals surface area contributed by atoms with Crippen molar-refractivity contribution in [3.05, 3.63) is 104 Å². The number of thiocarbonyl (C=S) groups is 4. The first-order chi connectivity index (χ1) is 23.4. The highest BCUT2D eigenvalue weighted by Gasteiger charge is 2.35. The predicted molar refractivity (Wildman–Crippen MR) is 231 cm³/mol. The molecule has 0 bridgehead atoms. The highest BCUT2D eigenvalue weighted by molar-refractivity contribution is 7.82. The number of thiophene rings is 8. The molecule has 4 aliphatic rings. The van der Waals surface area contributed by atoms with Crippen molar-refractivity contribution in [2.24, 2.45) is 0 Å². The number of rotatable bonds is 3. The monoisotopic (exact) mass is 826 g/mol. The van der Waals surface area contributed by atoms with Gasteiger partial charge in [-0.25, -0.2) is 0 Å². The van der Waals surface area contributed by atoms with E-state index in [1.54, 1.807) is 22.7 Å². The summed E-state index contributed by atoms with van der Waals surface area (Å²) in [6.45, 7) is 0. The lowest BCUT2D eigenvalue weighted by atomic mass is 10.1. The molecule has 226 valence electrons. The Morgan fingerprint density at radius 2 is 0.521 bits per heavy atom. The van der Waals surface area contributed by atoms with Gasteiger partial charge in [-0.05, 0) is 59.3 Å². The van der Waals surface area contributed by atoms with Crippen LogP contribution in [0.2, 0.25) is 0 Å². The maximum Gasteiger partial charge on any atom is 0.0552 e. The first kappa shape index (κ1) is 28.6. The second-order valence-electron chi connectivity index (χ2n) is 11.8. The van der Waals surface area contributed by atoms with Gasteiger partial charge in [0.1, 0.15) is 0 Å². The van der Waals surface area contributed by atoms with Gasteiger partial charge >= 0.3 is 0 Å². The van der Waals surface area contributed by atoms with Crippen LogP contribution in [0.4, 0.5) is 0 Å². The van der Waals surface area contributed by atoms with Gasteiger partial charge < -0.3 is 0 Å². The minimum Gasteiger partial charge on any atom is -0.142 e. The molecule has 0 amide bonds. The van der Waals surface area contributed by atoms with E-state index < -0.39 is 0 Å². The van der Waals surface area contributed by atoms with Gasteiger partial charge in [-0.2, -0.15) is 0 Å². The molecule has 8 aromatic rings. The molecule has 0 saturated heterocycles. The summed E-state index contributed by atoms with van der Waals surface area (Å²) in [5.74, 6) is 0. The van der Waals surface area contributed by atoms with Crippen LogP contribution in [-0.2, 0) is 0 Å². The van der Waals surface area contributed by atoms with Gasteiger partial charge in [0, 0.05) is 73.8 Å².